The number of hydrogen-bond acceptors (Lipinski definition) is 2. The van der Waals surface area contributed by atoms with Gasteiger partial charge in [0.05, 0.1) is 0 Å². The zero-order valence-corrected chi connectivity index (χ0v) is 10.8. The SMILES string of the molecule is CC(C)NC(=O)Nc1cc(F)c(N(C)C)c(F)c1. The monoisotopic (exact) mass is 257 g/mol. The van der Waals surface area contributed by atoms with E-state index in [1.165, 1.54) is 4.90 Å². The number of benzene rings is 1. The molecule has 1 aromatic rings. The van der Waals surface area contributed by atoms with Crippen LogP contribution >= 0.6 is 0 Å². The van der Waals surface area contributed by atoms with Gasteiger partial charge in [0.25, 0.3) is 0 Å². The number of carbonyl (C=O) groups is 1. The molecule has 0 radical (unpaired) electrons. The van der Waals surface area contributed by atoms with Gasteiger partial charge < -0.3 is 15.5 Å². The van der Waals surface area contributed by atoms with Gasteiger partial charge in [-0.2, -0.15) is 0 Å². The van der Waals surface area contributed by atoms with Crippen LogP contribution in [0.3, 0.4) is 0 Å². The number of nitrogens with one attached hydrogen (secondary N) is 2. The zero-order valence-electron chi connectivity index (χ0n) is 10.8. The molecule has 2 amide bonds. The van der Waals surface area contributed by atoms with E-state index < -0.39 is 17.7 Å². The van der Waals surface area contributed by atoms with Gasteiger partial charge >= 0.3 is 6.03 Å². The second kappa shape index (κ2) is 5.66. The number of halogens is 2. The standard InChI is InChI=1S/C12H17F2N3O/c1-7(2)15-12(18)16-8-5-9(13)11(17(3)4)10(14)6-8/h5-7H,1-4H3,(H2,15,16,18). The van der Waals surface area contributed by atoms with Crippen LogP contribution in [0.4, 0.5) is 25.0 Å². The van der Waals surface area contributed by atoms with E-state index in [2.05, 4.69) is 10.6 Å². The van der Waals surface area contributed by atoms with Crippen molar-refractivity contribution >= 4 is 17.4 Å². The van der Waals surface area contributed by atoms with E-state index in [9.17, 15) is 13.6 Å². The Morgan fingerprint density at radius 2 is 1.72 bits per heavy atom. The largest absolute Gasteiger partial charge is 0.373 e. The lowest BCUT2D eigenvalue weighted by atomic mass is 10.2. The molecule has 0 aliphatic rings. The van der Waals surface area contributed by atoms with E-state index in [1.807, 2.05) is 0 Å². The van der Waals surface area contributed by atoms with Crippen molar-refractivity contribution in [1.82, 2.24) is 5.32 Å². The quantitative estimate of drug-likeness (QED) is 0.874. The molecule has 0 spiro atoms. The molecule has 18 heavy (non-hydrogen) atoms. The number of urea groups is 1. The van der Waals surface area contributed by atoms with Crippen LogP contribution in [0, 0.1) is 11.6 Å². The number of anilines is 2. The number of amides is 2. The molecular weight excluding hydrogens is 240 g/mol. The summed E-state index contributed by atoms with van der Waals surface area (Å²) in [4.78, 5) is 12.7. The van der Waals surface area contributed by atoms with E-state index in [0.717, 1.165) is 12.1 Å². The molecule has 0 saturated heterocycles. The van der Waals surface area contributed by atoms with Gasteiger partial charge in [0.1, 0.15) is 5.69 Å². The topological polar surface area (TPSA) is 44.4 Å². The summed E-state index contributed by atoms with van der Waals surface area (Å²) in [6.45, 7) is 3.58. The Hall–Kier alpha value is -1.85. The number of hydrogen-bond donors (Lipinski definition) is 2. The molecule has 100 valence electrons. The summed E-state index contributed by atoms with van der Waals surface area (Å²) in [6, 6.07) is 1.61. The van der Waals surface area contributed by atoms with E-state index >= 15 is 0 Å². The van der Waals surface area contributed by atoms with Crippen LogP contribution in [0.1, 0.15) is 13.8 Å². The van der Waals surface area contributed by atoms with Gasteiger partial charge in [0, 0.05) is 25.8 Å². The minimum absolute atomic E-state index is 0.0549. The summed E-state index contributed by atoms with van der Waals surface area (Å²) in [7, 11) is 3.08. The third kappa shape index (κ3) is 3.58. The highest BCUT2D eigenvalue weighted by Crippen LogP contribution is 2.25. The minimum atomic E-state index is -0.722. The number of carbonyl (C=O) groups excluding carboxylic acids is 1. The van der Waals surface area contributed by atoms with Gasteiger partial charge in [-0.3, -0.25) is 0 Å². The van der Waals surface area contributed by atoms with E-state index in [4.69, 9.17) is 0 Å². The van der Waals surface area contributed by atoms with Crippen molar-refractivity contribution in [3.8, 4) is 0 Å². The van der Waals surface area contributed by atoms with Crippen molar-refractivity contribution < 1.29 is 13.6 Å². The molecule has 0 aromatic heterocycles. The van der Waals surface area contributed by atoms with Crippen LogP contribution in [0.25, 0.3) is 0 Å². The lowest BCUT2D eigenvalue weighted by Gasteiger charge is -2.16. The first kappa shape index (κ1) is 14.2. The summed E-state index contributed by atoms with van der Waals surface area (Å²) in [5, 5.41) is 4.93. The van der Waals surface area contributed by atoms with Crippen molar-refractivity contribution in [3.05, 3.63) is 23.8 Å². The summed E-state index contributed by atoms with van der Waals surface area (Å²) in [6.07, 6.45) is 0. The van der Waals surface area contributed by atoms with Crippen LogP contribution in [0.2, 0.25) is 0 Å². The van der Waals surface area contributed by atoms with Crippen LogP contribution < -0.4 is 15.5 Å². The summed E-state index contributed by atoms with van der Waals surface area (Å²) in [5.41, 5.74) is -0.0569. The van der Waals surface area contributed by atoms with Crippen LogP contribution in [0.5, 0.6) is 0 Å². The highest BCUT2D eigenvalue weighted by molar-refractivity contribution is 5.89. The van der Waals surface area contributed by atoms with Crippen molar-refractivity contribution in [2.24, 2.45) is 0 Å². The van der Waals surface area contributed by atoms with Gasteiger partial charge in [0.2, 0.25) is 0 Å². The average molecular weight is 257 g/mol. The molecule has 2 N–H and O–H groups in total. The highest BCUT2D eigenvalue weighted by atomic mass is 19.1. The summed E-state index contributed by atoms with van der Waals surface area (Å²) >= 11 is 0. The Morgan fingerprint density at radius 3 is 2.11 bits per heavy atom. The van der Waals surface area contributed by atoms with Gasteiger partial charge in [0.15, 0.2) is 11.6 Å². The fraction of sp³-hybridized carbons (Fsp3) is 0.417. The first-order chi connectivity index (χ1) is 8.31. The lowest BCUT2D eigenvalue weighted by molar-refractivity contribution is 0.250. The van der Waals surface area contributed by atoms with Gasteiger partial charge in [-0.25, -0.2) is 13.6 Å². The fourth-order valence-electron chi connectivity index (χ4n) is 1.49. The van der Waals surface area contributed by atoms with Crippen molar-refractivity contribution in [2.45, 2.75) is 19.9 Å². The maximum atomic E-state index is 13.6. The van der Waals surface area contributed by atoms with Crippen molar-refractivity contribution in [1.29, 1.82) is 0 Å². The van der Waals surface area contributed by atoms with Crippen LogP contribution in [-0.2, 0) is 0 Å². The molecule has 0 saturated carbocycles. The van der Waals surface area contributed by atoms with Gasteiger partial charge in [-0.15, -0.1) is 0 Å². The predicted octanol–water partition coefficient (Wildman–Crippen LogP) is 2.56. The van der Waals surface area contributed by atoms with Gasteiger partial charge in [-0.05, 0) is 26.0 Å². The minimum Gasteiger partial charge on any atom is -0.373 e. The van der Waals surface area contributed by atoms with Crippen molar-refractivity contribution in [3.63, 3.8) is 0 Å². The van der Waals surface area contributed by atoms with E-state index in [1.54, 1.807) is 27.9 Å². The molecule has 1 rings (SSSR count). The predicted molar refractivity (Wildman–Crippen MR) is 68.0 cm³/mol. The third-order valence-corrected chi connectivity index (χ3v) is 2.14. The first-order valence-electron chi connectivity index (χ1n) is 5.55. The number of rotatable bonds is 3. The maximum Gasteiger partial charge on any atom is 0.319 e. The maximum absolute atomic E-state index is 13.6. The zero-order chi connectivity index (χ0) is 13.9. The molecule has 0 heterocycles. The first-order valence-corrected chi connectivity index (χ1v) is 5.55. The molecular formula is C12H17F2N3O. The fourth-order valence-corrected chi connectivity index (χ4v) is 1.49. The van der Waals surface area contributed by atoms with Crippen LogP contribution in [0.15, 0.2) is 12.1 Å². The Bertz CT molecular complexity index is 424. The Balaban J connectivity index is 2.90. The summed E-state index contributed by atoms with van der Waals surface area (Å²) in [5.74, 6) is -1.44. The highest BCUT2D eigenvalue weighted by Gasteiger charge is 2.14. The second-order valence-corrected chi connectivity index (χ2v) is 4.44. The molecule has 4 nitrogen and oxygen atoms in total. The summed E-state index contributed by atoms with van der Waals surface area (Å²) < 4.78 is 27.2. The average Bonchev–Trinajstić information content (AvgIpc) is 2.12. The lowest BCUT2D eigenvalue weighted by Crippen LogP contribution is -2.34. The molecule has 0 fully saturated rings. The molecule has 0 bridgehead atoms. The van der Waals surface area contributed by atoms with Gasteiger partial charge in [-0.1, -0.05) is 0 Å². The van der Waals surface area contributed by atoms with Crippen molar-refractivity contribution in [2.75, 3.05) is 24.3 Å². The van der Waals surface area contributed by atoms with E-state index in [0.29, 0.717) is 0 Å². The molecule has 1 aromatic carbocycles. The smallest absolute Gasteiger partial charge is 0.319 e. The third-order valence-electron chi connectivity index (χ3n) is 2.14. The number of nitrogens with zero attached hydrogens (tertiary/aromatic N) is 1. The molecule has 6 heteroatoms. The van der Waals surface area contributed by atoms with E-state index in [-0.39, 0.29) is 17.4 Å². The molecule has 0 unspecified atom stereocenters. The normalized spacial score (nSPS) is 10.4. The molecule has 0 atom stereocenters. The molecule has 0 aliphatic carbocycles. The van der Waals surface area contributed by atoms with Crippen LogP contribution in [-0.4, -0.2) is 26.2 Å². The second-order valence-electron chi connectivity index (χ2n) is 4.44. The molecule has 0 aliphatic heterocycles. The Labute approximate surface area is 105 Å². The Kier molecular flexibility index (Phi) is 4.47. The Morgan fingerprint density at radius 1 is 1.22 bits per heavy atom.